The van der Waals surface area contributed by atoms with E-state index in [4.69, 9.17) is 4.74 Å². The lowest BCUT2D eigenvalue weighted by molar-refractivity contribution is 0.0513. The Morgan fingerprint density at radius 3 is 2.67 bits per heavy atom. The van der Waals surface area contributed by atoms with E-state index in [1.807, 2.05) is 12.1 Å². The van der Waals surface area contributed by atoms with Gasteiger partial charge in [0.1, 0.15) is 5.75 Å². The maximum atomic E-state index is 10.7. The predicted molar refractivity (Wildman–Crippen MR) is 73.8 cm³/mol. The van der Waals surface area contributed by atoms with Crippen molar-refractivity contribution in [1.29, 1.82) is 0 Å². The van der Waals surface area contributed by atoms with Gasteiger partial charge in [0.2, 0.25) is 0 Å². The van der Waals surface area contributed by atoms with Gasteiger partial charge in [-0.05, 0) is 43.2 Å². The van der Waals surface area contributed by atoms with Crippen molar-refractivity contribution in [3.63, 3.8) is 0 Å². The van der Waals surface area contributed by atoms with E-state index < -0.39 is 6.10 Å². The molecule has 2 rings (SSSR count). The van der Waals surface area contributed by atoms with Gasteiger partial charge in [-0.1, -0.05) is 31.9 Å². The number of aryl methyl sites for hydroxylation is 1. The standard InChI is InChI=1S/C16H24O2/c1-11-7-8-14(18-4)12(10-11)15(17)13-6-5-9-16(13,2)3/h7-8,10,13,15,17H,5-6,9H2,1-4H3. The first-order chi connectivity index (χ1) is 8.45. The zero-order chi connectivity index (χ0) is 13.3. The molecule has 2 atom stereocenters. The molecule has 2 heteroatoms. The second kappa shape index (κ2) is 4.93. The Hall–Kier alpha value is -1.02. The fourth-order valence-electron chi connectivity index (χ4n) is 3.24. The van der Waals surface area contributed by atoms with Gasteiger partial charge in [-0.15, -0.1) is 0 Å². The number of methoxy groups -OCH3 is 1. The van der Waals surface area contributed by atoms with Crippen molar-refractivity contribution in [1.82, 2.24) is 0 Å². The minimum atomic E-state index is -0.419. The van der Waals surface area contributed by atoms with Gasteiger partial charge in [-0.3, -0.25) is 0 Å². The van der Waals surface area contributed by atoms with Crippen molar-refractivity contribution in [3.8, 4) is 5.75 Å². The lowest BCUT2D eigenvalue weighted by atomic mass is 9.76. The molecule has 0 spiro atoms. The minimum absolute atomic E-state index is 0.216. The van der Waals surface area contributed by atoms with Crippen LogP contribution in [0.1, 0.15) is 50.3 Å². The van der Waals surface area contributed by atoms with Gasteiger partial charge >= 0.3 is 0 Å². The van der Waals surface area contributed by atoms with Crippen LogP contribution in [0.5, 0.6) is 5.75 Å². The van der Waals surface area contributed by atoms with Gasteiger partial charge in [-0.2, -0.15) is 0 Å². The Balaban J connectivity index is 2.33. The summed E-state index contributed by atoms with van der Waals surface area (Å²) in [5, 5.41) is 10.7. The van der Waals surface area contributed by atoms with Crippen LogP contribution in [0.3, 0.4) is 0 Å². The van der Waals surface area contributed by atoms with Gasteiger partial charge in [0, 0.05) is 5.56 Å². The molecule has 0 heterocycles. The van der Waals surface area contributed by atoms with Crippen LogP contribution >= 0.6 is 0 Å². The third-order valence-electron chi connectivity index (χ3n) is 4.42. The molecule has 0 saturated heterocycles. The number of aliphatic hydroxyl groups excluding tert-OH is 1. The first kappa shape index (κ1) is 13.4. The van der Waals surface area contributed by atoms with E-state index in [0.717, 1.165) is 17.7 Å². The Kier molecular flexibility index (Phi) is 3.67. The molecule has 1 aliphatic rings. The van der Waals surface area contributed by atoms with E-state index in [1.54, 1.807) is 7.11 Å². The van der Waals surface area contributed by atoms with E-state index in [9.17, 15) is 5.11 Å². The van der Waals surface area contributed by atoms with E-state index in [-0.39, 0.29) is 5.41 Å². The van der Waals surface area contributed by atoms with Crippen LogP contribution in [0, 0.1) is 18.3 Å². The molecule has 1 N–H and O–H groups in total. The molecule has 0 aromatic heterocycles. The summed E-state index contributed by atoms with van der Waals surface area (Å²) in [4.78, 5) is 0. The van der Waals surface area contributed by atoms with Crippen LogP contribution in [-0.4, -0.2) is 12.2 Å². The Morgan fingerprint density at radius 1 is 1.39 bits per heavy atom. The maximum absolute atomic E-state index is 10.7. The number of rotatable bonds is 3. The molecule has 1 aromatic rings. The summed E-state index contributed by atoms with van der Waals surface area (Å²) >= 11 is 0. The highest BCUT2D eigenvalue weighted by atomic mass is 16.5. The lowest BCUT2D eigenvalue weighted by Gasteiger charge is -2.32. The number of ether oxygens (including phenoxy) is 1. The summed E-state index contributed by atoms with van der Waals surface area (Å²) in [6.07, 6.45) is 3.09. The molecule has 18 heavy (non-hydrogen) atoms. The second-order valence-corrected chi connectivity index (χ2v) is 6.18. The monoisotopic (exact) mass is 248 g/mol. The van der Waals surface area contributed by atoms with Crippen molar-refractivity contribution in [2.24, 2.45) is 11.3 Å². The topological polar surface area (TPSA) is 29.5 Å². The summed E-state index contributed by atoms with van der Waals surface area (Å²) in [7, 11) is 1.67. The van der Waals surface area contributed by atoms with Crippen molar-refractivity contribution in [2.75, 3.05) is 7.11 Å². The zero-order valence-electron chi connectivity index (χ0n) is 11.9. The molecule has 0 amide bonds. The van der Waals surface area contributed by atoms with E-state index in [1.165, 1.54) is 18.4 Å². The third-order valence-corrected chi connectivity index (χ3v) is 4.42. The van der Waals surface area contributed by atoms with E-state index >= 15 is 0 Å². The first-order valence-electron chi connectivity index (χ1n) is 6.78. The van der Waals surface area contributed by atoms with Crippen molar-refractivity contribution >= 4 is 0 Å². The molecule has 0 radical (unpaired) electrons. The quantitative estimate of drug-likeness (QED) is 0.880. The average molecular weight is 248 g/mol. The molecule has 1 saturated carbocycles. The molecule has 1 aliphatic carbocycles. The minimum Gasteiger partial charge on any atom is -0.496 e. The fourth-order valence-corrected chi connectivity index (χ4v) is 3.24. The number of hydrogen-bond donors (Lipinski definition) is 1. The van der Waals surface area contributed by atoms with Crippen LogP contribution < -0.4 is 4.74 Å². The van der Waals surface area contributed by atoms with Crippen LogP contribution in [0.4, 0.5) is 0 Å². The number of aliphatic hydroxyl groups is 1. The SMILES string of the molecule is COc1ccc(C)cc1C(O)C1CCCC1(C)C. The fraction of sp³-hybridized carbons (Fsp3) is 0.625. The van der Waals surface area contributed by atoms with Crippen molar-refractivity contribution in [2.45, 2.75) is 46.1 Å². The van der Waals surface area contributed by atoms with Gasteiger partial charge in [-0.25, -0.2) is 0 Å². The zero-order valence-corrected chi connectivity index (χ0v) is 11.9. The van der Waals surface area contributed by atoms with Crippen LogP contribution in [0.2, 0.25) is 0 Å². The van der Waals surface area contributed by atoms with Gasteiger partial charge in [0.05, 0.1) is 13.2 Å². The summed E-state index contributed by atoms with van der Waals surface area (Å²) in [6.45, 7) is 6.57. The number of hydrogen-bond acceptors (Lipinski definition) is 2. The summed E-state index contributed by atoms with van der Waals surface area (Å²) in [5.74, 6) is 1.13. The third kappa shape index (κ3) is 2.39. The van der Waals surface area contributed by atoms with Crippen molar-refractivity contribution < 1.29 is 9.84 Å². The Morgan fingerprint density at radius 2 is 2.11 bits per heavy atom. The Bertz CT molecular complexity index is 423. The summed E-state index contributed by atoms with van der Waals surface area (Å²) < 4.78 is 5.39. The maximum Gasteiger partial charge on any atom is 0.124 e. The molecule has 100 valence electrons. The van der Waals surface area contributed by atoms with E-state index in [2.05, 4.69) is 26.8 Å². The Labute approximate surface area is 110 Å². The van der Waals surface area contributed by atoms with Crippen LogP contribution in [0.15, 0.2) is 18.2 Å². The summed E-state index contributed by atoms with van der Waals surface area (Å²) in [5.41, 5.74) is 2.33. The molecule has 2 unspecified atom stereocenters. The molecular weight excluding hydrogens is 224 g/mol. The molecular formula is C16H24O2. The first-order valence-corrected chi connectivity index (χ1v) is 6.78. The second-order valence-electron chi connectivity index (χ2n) is 6.18. The number of benzene rings is 1. The largest absolute Gasteiger partial charge is 0.496 e. The van der Waals surface area contributed by atoms with Gasteiger partial charge in [0.15, 0.2) is 0 Å². The molecule has 0 aliphatic heterocycles. The lowest BCUT2D eigenvalue weighted by Crippen LogP contribution is -2.24. The molecule has 1 aromatic carbocycles. The molecule has 0 bridgehead atoms. The normalized spacial score (nSPS) is 23.9. The van der Waals surface area contributed by atoms with Crippen LogP contribution in [-0.2, 0) is 0 Å². The molecule has 1 fully saturated rings. The smallest absolute Gasteiger partial charge is 0.124 e. The van der Waals surface area contributed by atoms with Crippen LogP contribution in [0.25, 0.3) is 0 Å². The van der Waals surface area contributed by atoms with Crippen molar-refractivity contribution in [3.05, 3.63) is 29.3 Å². The van der Waals surface area contributed by atoms with E-state index in [0.29, 0.717) is 5.92 Å². The highest BCUT2D eigenvalue weighted by Gasteiger charge is 2.40. The van der Waals surface area contributed by atoms with Gasteiger partial charge in [0.25, 0.3) is 0 Å². The highest BCUT2D eigenvalue weighted by molar-refractivity contribution is 5.39. The average Bonchev–Trinajstić information content (AvgIpc) is 2.68. The highest BCUT2D eigenvalue weighted by Crippen LogP contribution is 2.49. The predicted octanol–water partition coefficient (Wildman–Crippen LogP) is 3.86. The summed E-state index contributed by atoms with van der Waals surface area (Å²) in [6, 6.07) is 6.03. The molecule has 2 nitrogen and oxygen atoms in total. The van der Waals surface area contributed by atoms with Gasteiger partial charge < -0.3 is 9.84 Å².